The minimum absolute atomic E-state index is 0.231. The molecule has 2 aromatic carbocycles. The second-order valence-corrected chi connectivity index (χ2v) is 7.37. The van der Waals surface area contributed by atoms with E-state index in [1.165, 1.54) is 19.9 Å². The minimum Gasteiger partial charge on any atom is -0.459 e. The van der Waals surface area contributed by atoms with Crippen LogP contribution in [0.5, 0.6) is 0 Å². The zero-order valence-electron chi connectivity index (χ0n) is 18.6. The number of carbonyl (C=O) groups excluding carboxylic acids is 4. The molecule has 0 spiro atoms. The lowest BCUT2D eigenvalue weighted by molar-refractivity contribution is -0.195. The maximum absolute atomic E-state index is 12.4. The summed E-state index contributed by atoms with van der Waals surface area (Å²) in [6.45, 7) is 2.15. The first-order valence-corrected chi connectivity index (χ1v) is 10.5. The predicted octanol–water partition coefficient (Wildman–Crippen LogP) is 3.05. The average molecular weight is 468 g/mol. The highest BCUT2D eigenvalue weighted by atomic mass is 16.7. The van der Waals surface area contributed by atoms with Gasteiger partial charge in [-0.3, -0.25) is 9.59 Å². The van der Waals surface area contributed by atoms with E-state index in [1.807, 2.05) is 0 Å². The molecule has 0 N–H and O–H groups in total. The Hall–Kier alpha value is -3.98. The van der Waals surface area contributed by atoms with Crippen molar-refractivity contribution in [3.8, 4) is 0 Å². The third-order valence-electron chi connectivity index (χ3n) is 4.84. The van der Waals surface area contributed by atoms with Crippen LogP contribution in [-0.2, 0) is 33.3 Å². The predicted molar refractivity (Wildman–Crippen MR) is 117 cm³/mol. The van der Waals surface area contributed by atoms with Crippen molar-refractivity contribution in [3.05, 3.63) is 84.1 Å². The lowest BCUT2D eigenvalue weighted by atomic mass is 9.98. The molecule has 1 saturated heterocycles. The maximum Gasteiger partial charge on any atom is 0.342 e. The van der Waals surface area contributed by atoms with Gasteiger partial charge in [0, 0.05) is 13.8 Å². The SMILES string of the molecule is CC(=O)OC1O[C@H](COC(=O)c2ccccc2)C(/C=C/OC(=O)c2ccccc2)[C@H]1OC(C)=O. The summed E-state index contributed by atoms with van der Waals surface area (Å²) in [6.07, 6.45) is -0.552. The molecule has 2 unspecified atom stereocenters. The molecule has 3 rings (SSSR count). The lowest BCUT2D eigenvalue weighted by Gasteiger charge is -2.20. The standard InChI is InChI=1S/C25H24O9/c1-16(26)32-22-20(13-14-30-23(28)18-9-5-3-6-10-18)21(34-25(22)33-17(2)27)15-31-24(29)19-11-7-4-8-12-19/h3-14,20-22,25H,15H2,1-2H3/b14-13+/t20?,21-,22-,25?/m1/s1. The summed E-state index contributed by atoms with van der Waals surface area (Å²) >= 11 is 0. The van der Waals surface area contributed by atoms with E-state index in [0.29, 0.717) is 11.1 Å². The van der Waals surface area contributed by atoms with Gasteiger partial charge in [-0.1, -0.05) is 36.4 Å². The van der Waals surface area contributed by atoms with Crippen LogP contribution in [0, 0.1) is 5.92 Å². The minimum atomic E-state index is -1.23. The molecule has 9 nitrogen and oxygen atoms in total. The van der Waals surface area contributed by atoms with Crippen LogP contribution < -0.4 is 0 Å². The van der Waals surface area contributed by atoms with E-state index in [0.717, 1.165) is 6.26 Å². The van der Waals surface area contributed by atoms with Gasteiger partial charge in [-0.05, 0) is 30.3 Å². The van der Waals surface area contributed by atoms with E-state index < -0.39 is 48.3 Å². The van der Waals surface area contributed by atoms with Crippen LogP contribution in [0.4, 0.5) is 0 Å². The Morgan fingerprint density at radius 2 is 1.38 bits per heavy atom. The first kappa shape index (κ1) is 24.7. The number of esters is 4. The van der Waals surface area contributed by atoms with Crippen LogP contribution in [0.3, 0.4) is 0 Å². The quantitative estimate of drug-likeness (QED) is 0.327. The maximum atomic E-state index is 12.4. The number of hydrogen-bond donors (Lipinski definition) is 0. The Morgan fingerprint density at radius 1 is 0.824 bits per heavy atom. The Labute approximate surface area is 196 Å². The number of ether oxygens (including phenoxy) is 5. The van der Waals surface area contributed by atoms with E-state index in [-0.39, 0.29) is 6.61 Å². The number of carbonyl (C=O) groups is 4. The first-order valence-electron chi connectivity index (χ1n) is 10.5. The fourth-order valence-electron chi connectivity index (χ4n) is 3.35. The highest BCUT2D eigenvalue weighted by molar-refractivity contribution is 5.90. The summed E-state index contributed by atoms with van der Waals surface area (Å²) in [5.41, 5.74) is 0.690. The monoisotopic (exact) mass is 468 g/mol. The van der Waals surface area contributed by atoms with Crippen molar-refractivity contribution in [1.82, 2.24) is 0 Å². The summed E-state index contributed by atoms with van der Waals surface area (Å²) in [5, 5.41) is 0. The molecule has 1 aliphatic rings. The van der Waals surface area contributed by atoms with Crippen LogP contribution >= 0.6 is 0 Å². The van der Waals surface area contributed by atoms with E-state index in [2.05, 4.69) is 0 Å². The van der Waals surface area contributed by atoms with Gasteiger partial charge in [0.15, 0.2) is 6.10 Å². The zero-order chi connectivity index (χ0) is 24.5. The summed E-state index contributed by atoms with van der Waals surface area (Å²) in [4.78, 5) is 47.8. The molecule has 1 heterocycles. The molecule has 0 bridgehead atoms. The van der Waals surface area contributed by atoms with Crippen molar-refractivity contribution in [3.63, 3.8) is 0 Å². The number of benzene rings is 2. The van der Waals surface area contributed by atoms with Gasteiger partial charge in [-0.15, -0.1) is 0 Å². The smallest absolute Gasteiger partial charge is 0.342 e. The molecular formula is C25H24O9. The fourth-order valence-corrected chi connectivity index (χ4v) is 3.35. The van der Waals surface area contributed by atoms with E-state index in [4.69, 9.17) is 23.7 Å². The van der Waals surface area contributed by atoms with Crippen molar-refractivity contribution >= 4 is 23.9 Å². The summed E-state index contributed by atoms with van der Waals surface area (Å²) in [7, 11) is 0. The van der Waals surface area contributed by atoms with Gasteiger partial charge in [0.1, 0.15) is 12.7 Å². The van der Waals surface area contributed by atoms with Crippen molar-refractivity contribution in [2.75, 3.05) is 6.61 Å². The lowest BCUT2D eigenvalue weighted by Crippen LogP contribution is -2.34. The third-order valence-corrected chi connectivity index (χ3v) is 4.84. The highest BCUT2D eigenvalue weighted by Gasteiger charge is 2.48. The van der Waals surface area contributed by atoms with Crippen LogP contribution in [0.1, 0.15) is 34.6 Å². The van der Waals surface area contributed by atoms with Gasteiger partial charge in [0.05, 0.1) is 23.3 Å². The highest BCUT2D eigenvalue weighted by Crippen LogP contribution is 2.32. The Kier molecular flexibility index (Phi) is 8.53. The van der Waals surface area contributed by atoms with Gasteiger partial charge in [0.25, 0.3) is 0 Å². The molecule has 9 heteroatoms. The van der Waals surface area contributed by atoms with Crippen molar-refractivity contribution in [2.24, 2.45) is 5.92 Å². The van der Waals surface area contributed by atoms with E-state index in [9.17, 15) is 19.2 Å². The van der Waals surface area contributed by atoms with Gasteiger partial charge < -0.3 is 23.7 Å². The largest absolute Gasteiger partial charge is 0.459 e. The van der Waals surface area contributed by atoms with E-state index >= 15 is 0 Å². The van der Waals surface area contributed by atoms with Crippen LogP contribution in [-0.4, -0.2) is 49.0 Å². The van der Waals surface area contributed by atoms with Crippen LogP contribution in [0.2, 0.25) is 0 Å². The van der Waals surface area contributed by atoms with E-state index in [1.54, 1.807) is 60.7 Å². The van der Waals surface area contributed by atoms with Gasteiger partial charge >= 0.3 is 23.9 Å². The van der Waals surface area contributed by atoms with Gasteiger partial charge in [0.2, 0.25) is 6.29 Å². The normalized spacial score (nSPS) is 21.6. The molecule has 0 saturated carbocycles. The van der Waals surface area contributed by atoms with Crippen molar-refractivity contribution in [1.29, 1.82) is 0 Å². The molecule has 178 valence electrons. The molecule has 1 aliphatic heterocycles. The molecule has 4 atom stereocenters. The third kappa shape index (κ3) is 6.76. The summed E-state index contributed by atoms with van der Waals surface area (Å²) in [5.74, 6) is -3.21. The van der Waals surface area contributed by atoms with Crippen LogP contribution in [0.15, 0.2) is 73.0 Å². The topological polar surface area (TPSA) is 114 Å². The Bertz CT molecular complexity index is 1030. The van der Waals surface area contributed by atoms with Crippen LogP contribution in [0.25, 0.3) is 0 Å². The Morgan fingerprint density at radius 3 is 1.94 bits per heavy atom. The molecule has 1 fully saturated rings. The summed E-state index contributed by atoms with van der Waals surface area (Å²) in [6, 6.07) is 16.7. The molecule has 0 radical (unpaired) electrons. The molecule has 0 amide bonds. The van der Waals surface area contributed by atoms with Crippen molar-refractivity contribution in [2.45, 2.75) is 32.3 Å². The molecule has 0 aliphatic carbocycles. The first-order chi connectivity index (χ1) is 16.3. The average Bonchev–Trinajstić information content (AvgIpc) is 3.13. The fraction of sp³-hybridized carbons (Fsp3) is 0.280. The zero-order valence-corrected chi connectivity index (χ0v) is 18.6. The Balaban J connectivity index is 1.76. The van der Waals surface area contributed by atoms with Gasteiger partial charge in [-0.25, -0.2) is 9.59 Å². The summed E-state index contributed by atoms with van der Waals surface area (Å²) < 4.78 is 26.7. The molecular weight excluding hydrogens is 444 g/mol. The second kappa shape index (κ2) is 11.8. The molecule has 34 heavy (non-hydrogen) atoms. The molecule has 0 aromatic heterocycles. The second-order valence-electron chi connectivity index (χ2n) is 7.37. The number of hydrogen-bond acceptors (Lipinski definition) is 9. The number of rotatable bonds is 8. The molecule has 2 aromatic rings. The van der Waals surface area contributed by atoms with Gasteiger partial charge in [-0.2, -0.15) is 0 Å². The van der Waals surface area contributed by atoms with Crippen molar-refractivity contribution < 1.29 is 42.9 Å².